The zero-order valence-electron chi connectivity index (χ0n) is 13.5. The quantitative estimate of drug-likeness (QED) is 0.699. The van der Waals surface area contributed by atoms with E-state index in [0.717, 1.165) is 11.1 Å². The standard InChI is InChI=1S/C17H21N3O2.2ClH/c1-22-12-11-19-13-16(21)20-17(14-5-3-2-4-6-14)15-7-9-18-10-8-15;;/h2-10,17,19H,11-13H2,1H3,(H,20,21);2*1H. The normalized spacial score (nSPS) is 10.9. The van der Waals surface area contributed by atoms with E-state index >= 15 is 0 Å². The Bertz CT molecular complexity index is 531. The van der Waals surface area contributed by atoms with Crippen molar-refractivity contribution >= 4 is 30.7 Å². The summed E-state index contributed by atoms with van der Waals surface area (Å²) in [6.07, 6.45) is 3.46. The number of methoxy groups -OCH3 is 1. The van der Waals surface area contributed by atoms with Crippen molar-refractivity contribution in [2.24, 2.45) is 0 Å². The van der Waals surface area contributed by atoms with Gasteiger partial charge in [-0.1, -0.05) is 30.3 Å². The molecular weight excluding hydrogens is 349 g/mol. The SMILES string of the molecule is COCCNCC(=O)NC(c1ccccc1)c1ccncc1.Cl.Cl. The first-order chi connectivity index (χ1) is 10.8. The van der Waals surface area contributed by atoms with Crippen molar-refractivity contribution in [3.8, 4) is 0 Å². The molecule has 2 aromatic rings. The molecule has 0 fully saturated rings. The lowest BCUT2D eigenvalue weighted by Gasteiger charge is -2.20. The van der Waals surface area contributed by atoms with Gasteiger partial charge in [0.15, 0.2) is 0 Å². The summed E-state index contributed by atoms with van der Waals surface area (Å²) in [4.78, 5) is 16.2. The summed E-state index contributed by atoms with van der Waals surface area (Å²) in [5.74, 6) is -0.0539. The van der Waals surface area contributed by atoms with Gasteiger partial charge in [0.2, 0.25) is 5.91 Å². The summed E-state index contributed by atoms with van der Waals surface area (Å²) in [7, 11) is 1.64. The highest BCUT2D eigenvalue weighted by Crippen LogP contribution is 2.20. The van der Waals surface area contributed by atoms with E-state index in [4.69, 9.17) is 4.74 Å². The van der Waals surface area contributed by atoms with Crippen molar-refractivity contribution in [2.45, 2.75) is 6.04 Å². The molecule has 0 aliphatic carbocycles. The lowest BCUT2D eigenvalue weighted by Crippen LogP contribution is -2.37. The molecular formula is C17H23Cl2N3O2. The Morgan fingerprint density at radius 1 is 1.08 bits per heavy atom. The summed E-state index contributed by atoms with van der Waals surface area (Å²) in [6.45, 7) is 1.49. The van der Waals surface area contributed by atoms with Crippen LogP contribution in [0.4, 0.5) is 0 Å². The van der Waals surface area contributed by atoms with E-state index in [2.05, 4.69) is 15.6 Å². The van der Waals surface area contributed by atoms with Gasteiger partial charge in [0.25, 0.3) is 0 Å². The molecule has 7 heteroatoms. The van der Waals surface area contributed by atoms with Crippen LogP contribution in [0.3, 0.4) is 0 Å². The number of pyridine rings is 1. The third-order valence-electron chi connectivity index (χ3n) is 3.25. The first-order valence-electron chi connectivity index (χ1n) is 7.25. The average molecular weight is 372 g/mol. The van der Waals surface area contributed by atoms with E-state index in [0.29, 0.717) is 13.2 Å². The molecule has 0 bridgehead atoms. The number of nitrogens with zero attached hydrogens (tertiary/aromatic N) is 1. The Hall–Kier alpha value is -1.66. The van der Waals surface area contributed by atoms with Crippen LogP contribution in [-0.4, -0.2) is 37.7 Å². The number of ether oxygens (including phenoxy) is 1. The van der Waals surface area contributed by atoms with Gasteiger partial charge < -0.3 is 15.4 Å². The van der Waals surface area contributed by atoms with Crippen LogP contribution in [0.2, 0.25) is 0 Å². The van der Waals surface area contributed by atoms with Crippen LogP contribution < -0.4 is 10.6 Å². The first-order valence-corrected chi connectivity index (χ1v) is 7.25. The van der Waals surface area contributed by atoms with E-state index in [1.54, 1.807) is 19.5 Å². The number of nitrogens with one attached hydrogen (secondary N) is 2. The number of hydrogen-bond acceptors (Lipinski definition) is 4. The fourth-order valence-corrected chi connectivity index (χ4v) is 2.15. The molecule has 1 amide bonds. The largest absolute Gasteiger partial charge is 0.383 e. The summed E-state index contributed by atoms with van der Waals surface area (Å²) in [5, 5.41) is 6.10. The Balaban J connectivity index is 0.00000264. The molecule has 1 aromatic heterocycles. The molecule has 1 unspecified atom stereocenters. The number of hydrogen-bond donors (Lipinski definition) is 2. The van der Waals surface area contributed by atoms with Crippen LogP contribution in [0.25, 0.3) is 0 Å². The summed E-state index contributed by atoms with van der Waals surface area (Å²) in [5.41, 5.74) is 2.05. The molecule has 1 heterocycles. The molecule has 1 aromatic carbocycles. The maximum Gasteiger partial charge on any atom is 0.234 e. The summed E-state index contributed by atoms with van der Waals surface area (Å²) < 4.78 is 4.94. The molecule has 1 atom stereocenters. The second kappa shape index (κ2) is 12.7. The lowest BCUT2D eigenvalue weighted by molar-refractivity contribution is -0.120. The lowest BCUT2D eigenvalue weighted by atomic mass is 10.00. The Labute approximate surface area is 155 Å². The predicted molar refractivity (Wildman–Crippen MR) is 99.9 cm³/mol. The number of carbonyl (C=O) groups is 1. The van der Waals surface area contributed by atoms with Crippen molar-refractivity contribution in [2.75, 3.05) is 26.8 Å². The number of amides is 1. The highest BCUT2D eigenvalue weighted by Gasteiger charge is 2.16. The fraction of sp³-hybridized carbons (Fsp3) is 0.294. The fourth-order valence-electron chi connectivity index (χ4n) is 2.15. The summed E-state index contributed by atoms with van der Waals surface area (Å²) >= 11 is 0. The number of aromatic nitrogens is 1. The monoisotopic (exact) mass is 371 g/mol. The topological polar surface area (TPSA) is 63.2 Å². The molecule has 5 nitrogen and oxygen atoms in total. The second-order valence-electron chi connectivity index (χ2n) is 4.86. The molecule has 0 aliphatic heterocycles. The van der Waals surface area contributed by atoms with Crippen LogP contribution in [-0.2, 0) is 9.53 Å². The smallest absolute Gasteiger partial charge is 0.234 e. The number of halogens is 2. The highest BCUT2D eigenvalue weighted by molar-refractivity contribution is 5.85. The zero-order valence-corrected chi connectivity index (χ0v) is 15.1. The minimum absolute atomic E-state index is 0. The van der Waals surface area contributed by atoms with Crippen molar-refractivity contribution in [3.05, 3.63) is 66.0 Å². The van der Waals surface area contributed by atoms with Crippen molar-refractivity contribution in [1.82, 2.24) is 15.6 Å². The van der Waals surface area contributed by atoms with E-state index in [9.17, 15) is 4.79 Å². The van der Waals surface area contributed by atoms with Crippen LogP contribution in [0.1, 0.15) is 17.2 Å². The van der Waals surface area contributed by atoms with Crippen LogP contribution in [0, 0.1) is 0 Å². The van der Waals surface area contributed by atoms with Crippen molar-refractivity contribution in [3.63, 3.8) is 0 Å². The third kappa shape index (κ3) is 7.27. The number of benzene rings is 1. The molecule has 0 radical (unpaired) electrons. The number of carbonyl (C=O) groups excluding carboxylic acids is 1. The average Bonchev–Trinajstić information content (AvgIpc) is 2.58. The van der Waals surface area contributed by atoms with Crippen LogP contribution >= 0.6 is 24.8 Å². The van der Waals surface area contributed by atoms with Gasteiger partial charge in [0.1, 0.15) is 0 Å². The second-order valence-corrected chi connectivity index (χ2v) is 4.86. The van der Waals surface area contributed by atoms with E-state index < -0.39 is 0 Å². The third-order valence-corrected chi connectivity index (χ3v) is 3.25. The van der Waals surface area contributed by atoms with Gasteiger partial charge in [-0.25, -0.2) is 0 Å². The summed E-state index contributed by atoms with van der Waals surface area (Å²) in [6, 6.07) is 13.5. The minimum Gasteiger partial charge on any atom is -0.383 e. The van der Waals surface area contributed by atoms with Crippen LogP contribution in [0.5, 0.6) is 0 Å². The molecule has 2 rings (SSSR count). The molecule has 0 spiro atoms. The zero-order chi connectivity index (χ0) is 15.6. The van der Waals surface area contributed by atoms with E-state index in [1.165, 1.54) is 0 Å². The Morgan fingerprint density at radius 2 is 1.71 bits per heavy atom. The maximum absolute atomic E-state index is 12.1. The first kappa shape index (κ1) is 22.3. The number of rotatable bonds is 8. The van der Waals surface area contributed by atoms with Gasteiger partial charge >= 0.3 is 0 Å². The molecule has 132 valence electrons. The Morgan fingerprint density at radius 3 is 2.33 bits per heavy atom. The van der Waals surface area contributed by atoms with E-state index in [-0.39, 0.29) is 43.3 Å². The molecule has 0 saturated carbocycles. The minimum atomic E-state index is -0.180. The van der Waals surface area contributed by atoms with Gasteiger partial charge in [-0.2, -0.15) is 0 Å². The van der Waals surface area contributed by atoms with Crippen molar-refractivity contribution in [1.29, 1.82) is 0 Å². The van der Waals surface area contributed by atoms with Gasteiger partial charge in [-0.15, -0.1) is 24.8 Å². The molecule has 24 heavy (non-hydrogen) atoms. The Kier molecular flexibility index (Phi) is 11.8. The van der Waals surface area contributed by atoms with Gasteiger partial charge in [-0.3, -0.25) is 9.78 Å². The van der Waals surface area contributed by atoms with Crippen molar-refractivity contribution < 1.29 is 9.53 Å². The van der Waals surface area contributed by atoms with Gasteiger partial charge in [0, 0.05) is 26.0 Å². The molecule has 0 saturated heterocycles. The molecule has 0 aliphatic rings. The maximum atomic E-state index is 12.1. The molecule has 2 N–H and O–H groups in total. The van der Waals surface area contributed by atoms with Gasteiger partial charge in [0.05, 0.1) is 19.2 Å². The van der Waals surface area contributed by atoms with Gasteiger partial charge in [-0.05, 0) is 23.3 Å². The predicted octanol–water partition coefficient (Wildman–Crippen LogP) is 2.37. The highest BCUT2D eigenvalue weighted by atomic mass is 35.5. The van der Waals surface area contributed by atoms with E-state index in [1.807, 2.05) is 42.5 Å². The van der Waals surface area contributed by atoms with Crippen LogP contribution in [0.15, 0.2) is 54.9 Å².